The highest BCUT2D eigenvalue weighted by Gasteiger charge is 2.36. The molecule has 1 unspecified atom stereocenters. The number of rotatable bonds is 3. The van der Waals surface area contributed by atoms with Crippen LogP contribution in [0.5, 0.6) is 0 Å². The van der Waals surface area contributed by atoms with Crippen molar-refractivity contribution in [3.63, 3.8) is 0 Å². The van der Waals surface area contributed by atoms with Crippen molar-refractivity contribution in [2.24, 2.45) is 5.92 Å². The van der Waals surface area contributed by atoms with Crippen LogP contribution < -0.4 is 15.5 Å². The van der Waals surface area contributed by atoms with Gasteiger partial charge in [0.25, 0.3) is 0 Å². The number of hydrogen-bond donors (Lipinski definition) is 2. The predicted octanol–water partition coefficient (Wildman–Crippen LogP) is 2.74. The van der Waals surface area contributed by atoms with E-state index >= 15 is 0 Å². The minimum Gasteiger partial charge on any atom is -0.323 e. The van der Waals surface area contributed by atoms with E-state index in [-0.39, 0.29) is 24.3 Å². The zero-order valence-corrected chi connectivity index (χ0v) is 14.9. The molecule has 2 aliphatic rings. The van der Waals surface area contributed by atoms with Gasteiger partial charge in [-0.05, 0) is 42.3 Å². The third kappa shape index (κ3) is 3.35. The van der Waals surface area contributed by atoms with Crippen molar-refractivity contribution in [2.45, 2.75) is 19.4 Å². The lowest BCUT2D eigenvalue weighted by atomic mass is 9.99. The molecule has 0 aliphatic carbocycles. The summed E-state index contributed by atoms with van der Waals surface area (Å²) >= 11 is 0. The van der Waals surface area contributed by atoms with Crippen LogP contribution in [0.25, 0.3) is 0 Å². The van der Waals surface area contributed by atoms with Crippen molar-refractivity contribution < 1.29 is 22.8 Å². The molecule has 1 saturated heterocycles. The lowest BCUT2D eigenvalue weighted by Crippen LogP contribution is -2.29. The average Bonchev–Trinajstić information content (AvgIpc) is 3.06. The largest absolute Gasteiger partial charge is 0.323 e. The summed E-state index contributed by atoms with van der Waals surface area (Å²) in [6.45, 7) is 1.19. The maximum atomic E-state index is 14.7. The molecule has 2 N–H and O–H groups in total. The summed E-state index contributed by atoms with van der Waals surface area (Å²) in [5.41, 5.74) is 1.43. The first kappa shape index (κ1) is 18.5. The summed E-state index contributed by atoms with van der Waals surface area (Å²) in [5.74, 6) is -3.79. The monoisotopic (exact) mass is 389 g/mol. The van der Waals surface area contributed by atoms with Crippen molar-refractivity contribution >= 4 is 23.2 Å². The number of carbonyl (C=O) groups is 2. The van der Waals surface area contributed by atoms with E-state index in [9.17, 15) is 22.8 Å². The standard InChI is InChI=1S/C20H18F3N3O2/c21-13-2-4-17(15(22)8-13)26-10-12(7-18(26)27)20(28)25-16-3-1-11-9-24-6-5-14(11)19(16)23/h1-4,8,12,24H,5-7,9-10H2,(H,25,28). The number of nitrogens with one attached hydrogen (secondary N) is 2. The molecule has 2 heterocycles. The van der Waals surface area contributed by atoms with Crippen molar-refractivity contribution in [3.8, 4) is 0 Å². The molecule has 0 saturated carbocycles. The Morgan fingerprint density at radius 3 is 2.79 bits per heavy atom. The van der Waals surface area contributed by atoms with Gasteiger partial charge in [0.1, 0.15) is 17.5 Å². The van der Waals surface area contributed by atoms with Gasteiger partial charge < -0.3 is 15.5 Å². The molecule has 1 atom stereocenters. The van der Waals surface area contributed by atoms with Gasteiger partial charge in [-0.2, -0.15) is 0 Å². The second kappa shape index (κ2) is 7.27. The van der Waals surface area contributed by atoms with Crippen LogP contribution in [0.4, 0.5) is 24.5 Å². The second-order valence-electron chi connectivity index (χ2n) is 6.98. The number of carbonyl (C=O) groups excluding carboxylic acids is 2. The molecule has 146 valence electrons. The van der Waals surface area contributed by atoms with Gasteiger partial charge in [-0.15, -0.1) is 0 Å². The Kier molecular flexibility index (Phi) is 4.80. The van der Waals surface area contributed by atoms with Crippen LogP contribution in [-0.4, -0.2) is 24.9 Å². The van der Waals surface area contributed by atoms with Crippen LogP contribution in [0.15, 0.2) is 30.3 Å². The lowest BCUT2D eigenvalue weighted by molar-refractivity contribution is -0.122. The lowest BCUT2D eigenvalue weighted by Gasteiger charge is -2.20. The van der Waals surface area contributed by atoms with Gasteiger partial charge in [0, 0.05) is 25.6 Å². The first-order valence-electron chi connectivity index (χ1n) is 9.01. The maximum absolute atomic E-state index is 14.7. The zero-order chi connectivity index (χ0) is 19.8. The molecule has 0 spiro atoms. The van der Waals surface area contributed by atoms with Gasteiger partial charge in [0.05, 0.1) is 17.3 Å². The van der Waals surface area contributed by atoms with E-state index in [2.05, 4.69) is 10.6 Å². The minimum atomic E-state index is -0.872. The SMILES string of the molecule is O=C(Nc1ccc2c(c1F)CCNC2)C1CC(=O)N(c2ccc(F)cc2F)C1. The van der Waals surface area contributed by atoms with Gasteiger partial charge in [-0.1, -0.05) is 6.07 Å². The maximum Gasteiger partial charge on any atom is 0.229 e. The van der Waals surface area contributed by atoms with Gasteiger partial charge in [0.15, 0.2) is 0 Å². The number of fused-ring (bicyclic) bond motifs is 1. The summed E-state index contributed by atoms with van der Waals surface area (Å²) < 4.78 is 41.8. The van der Waals surface area contributed by atoms with E-state index in [1.807, 2.05) is 0 Å². The highest BCUT2D eigenvalue weighted by atomic mass is 19.1. The van der Waals surface area contributed by atoms with E-state index in [1.54, 1.807) is 6.07 Å². The smallest absolute Gasteiger partial charge is 0.229 e. The van der Waals surface area contributed by atoms with Crippen LogP contribution >= 0.6 is 0 Å². The van der Waals surface area contributed by atoms with Crippen LogP contribution in [0.2, 0.25) is 0 Å². The fourth-order valence-corrected chi connectivity index (χ4v) is 3.68. The average molecular weight is 389 g/mol. The van der Waals surface area contributed by atoms with Crippen LogP contribution in [0.3, 0.4) is 0 Å². The summed E-state index contributed by atoms with van der Waals surface area (Å²) in [4.78, 5) is 25.9. The second-order valence-corrected chi connectivity index (χ2v) is 6.98. The van der Waals surface area contributed by atoms with Crippen LogP contribution in [-0.2, 0) is 22.6 Å². The normalized spacial score (nSPS) is 18.9. The van der Waals surface area contributed by atoms with Gasteiger partial charge in [0.2, 0.25) is 11.8 Å². The Morgan fingerprint density at radius 2 is 2.00 bits per heavy atom. The molecule has 0 radical (unpaired) electrons. The minimum absolute atomic E-state index is 0.0519. The Bertz CT molecular complexity index is 964. The number of anilines is 2. The quantitative estimate of drug-likeness (QED) is 0.849. The number of nitrogens with zero attached hydrogens (tertiary/aromatic N) is 1. The molecule has 2 aromatic rings. The van der Waals surface area contributed by atoms with Gasteiger partial charge in [-0.3, -0.25) is 9.59 Å². The fraction of sp³-hybridized carbons (Fsp3) is 0.300. The summed E-state index contributed by atoms with van der Waals surface area (Å²) in [7, 11) is 0. The molecule has 4 rings (SSSR count). The van der Waals surface area contributed by atoms with Crippen LogP contribution in [0, 0.1) is 23.4 Å². The molecule has 1 fully saturated rings. The van der Waals surface area contributed by atoms with E-state index in [0.29, 0.717) is 31.1 Å². The third-order valence-corrected chi connectivity index (χ3v) is 5.16. The number of benzene rings is 2. The van der Waals surface area contributed by atoms with E-state index in [4.69, 9.17) is 0 Å². The molecular weight excluding hydrogens is 371 g/mol. The molecule has 8 heteroatoms. The Hall–Kier alpha value is -2.87. The molecule has 2 amide bonds. The number of amides is 2. The molecule has 0 aromatic heterocycles. The van der Waals surface area contributed by atoms with Crippen molar-refractivity contribution in [1.29, 1.82) is 0 Å². The first-order valence-corrected chi connectivity index (χ1v) is 9.01. The Balaban J connectivity index is 1.50. The highest BCUT2D eigenvalue weighted by molar-refractivity contribution is 6.03. The van der Waals surface area contributed by atoms with E-state index in [1.165, 1.54) is 12.1 Å². The van der Waals surface area contributed by atoms with Crippen molar-refractivity contribution in [2.75, 3.05) is 23.3 Å². The highest BCUT2D eigenvalue weighted by Crippen LogP contribution is 2.30. The van der Waals surface area contributed by atoms with Crippen LogP contribution in [0.1, 0.15) is 17.5 Å². The molecule has 5 nitrogen and oxygen atoms in total. The molecule has 0 bridgehead atoms. The number of halogens is 3. The van der Waals surface area contributed by atoms with Gasteiger partial charge in [-0.25, -0.2) is 13.2 Å². The third-order valence-electron chi connectivity index (χ3n) is 5.16. The summed E-state index contributed by atoms with van der Waals surface area (Å²) in [6.07, 6.45) is 0.406. The van der Waals surface area contributed by atoms with Crippen molar-refractivity contribution in [1.82, 2.24) is 5.32 Å². The molecule has 2 aliphatic heterocycles. The molecular formula is C20H18F3N3O2. The van der Waals surface area contributed by atoms with E-state index < -0.39 is 35.2 Å². The topological polar surface area (TPSA) is 61.4 Å². The Morgan fingerprint density at radius 1 is 1.18 bits per heavy atom. The van der Waals surface area contributed by atoms with E-state index in [0.717, 1.165) is 16.5 Å². The fourth-order valence-electron chi connectivity index (χ4n) is 3.68. The van der Waals surface area contributed by atoms with Gasteiger partial charge >= 0.3 is 0 Å². The first-order chi connectivity index (χ1) is 13.4. The predicted molar refractivity (Wildman–Crippen MR) is 97.3 cm³/mol. The molecule has 28 heavy (non-hydrogen) atoms. The van der Waals surface area contributed by atoms with Crippen molar-refractivity contribution in [3.05, 3.63) is 58.9 Å². The summed E-state index contributed by atoms with van der Waals surface area (Å²) in [6, 6.07) is 6.18. The number of hydrogen-bond acceptors (Lipinski definition) is 3. The zero-order valence-electron chi connectivity index (χ0n) is 14.9. The Labute approximate surface area is 159 Å². The summed E-state index contributed by atoms with van der Waals surface area (Å²) in [5, 5.41) is 5.71. The molecule has 2 aromatic carbocycles.